The van der Waals surface area contributed by atoms with E-state index in [1.807, 2.05) is 24.3 Å². The molecule has 0 radical (unpaired) electrons. The van der Waals surface area contributed by atoms with Crippen LogP contribution in [0.2, 0.25) is 0 Å². The van der Waals surface area contributed by atoms with Gasteiger partial charge in [0.15, 0.2) is 0 Å². The Morgan fingerprint density at radius 3 is 2.50 bits per heavy atom. The molecule has 0 saturated heterocycles. The second kappa shape index (κ2) is 6.60. The van der Waals surface area contributed by atoms with Gasteiger partial charge >= 0.3 is 6.03 Å². The number of hydrogen-bond acceptors (Lipinski definition) is 4. The minimum absolute atomic E-state index is 0.145. The Morgan fingerprint density at radius 2 is 1.86 bits per heavy atom. The first kappa shape index (κ1) is 14.6. The van der Waals surface area contributed by atoms with Crippen molar-refractivity contribution in [2.45, 2.75) is 45.1 Å². The van der Waals surface area contributed by atoms with E-state index in [4.69, 9.17) is 4.42 Å². The van der Waals surface area contributed by atoms with E-state index in [1.54, 1.807) is 6.92 Å². The van der Waals surface area contributed by atoms with Crippen LogP contribution in [0.4, 0.5) is 10.5 Å². The number of aromatic nitrogens is 2. The summed E-state index contributed by atoms with van der Waals surface area (Å²) in [4.78, 5) is 12.0. The van der Waals surface area contributed by atoms with Crippen LogP contribution in [-0.2, 0) is 0 Å². The molecule has 1 aromatic carbocycles. The molecule has 116 valence electrons. The maximum absolute atomic E-state index is 12.0. The van der Waals surface area contributed by atoms with Crippen LogP contribution in [0.25, 0.3) is 11.5 Å². The fourth-order valence-electron chi connectivity index (χ4n) is 2.71. The van der Waals surface area contributed by atoms with E-state index >= 15 is 0 Å². The number of rotatable bonds is 3. The molecule has 1 saturated carbocycles. The highest BCUT2D eigenvalue weighted by atomic mass is 16.4. The van der Waals surface area contributed by atoms with Gasteiger partial charge in [0, 0.05) is 24.2 Å². The highest BCUT2D eigenvalue weighted by Crippen LogP contribution is 2.20. The van der Waals surface area contributed by atoms with Crippen LogP contribution in [0, 0.1) is 6.92 Å². The van der Waals surface area contributed by atoms with Crippen molar-refractivity contribution in [2.24, 2.45) is 0 Å². The number of urea groups is 1. The molecule has 1 aliphatic rings. The zero-order valence-corrected chi connectivity index (χ0v) is 12.6. The predicted molar refractivity (Wildman–Crippen MR) is 83.5 cm³/mol. The second-order valence-electron chi connectivity index (χ2n) is 5.64. The number of amides is 2. The number of carbonyl (C=O) groups is 1. The van der Waals surface area contributed by atoms with Crippen LogP contribution in [0.15, 0.2) is 28.7 Å². The number of aryl methyl sites for hydroxylation is 1. The smallest absolute Gasteiger partial charge is 0.319 e. The van der Waals surface area contributed by atoms with Crippen molar-refractivity contribution in [3.8, 4) is 11.5 Å². The van der Waals surface area contributed by atoms with E-state index < -0.39 is 0 Å². The standard InChI is InChI=1S/C16H20N4O2/c1-11-19-20-15(22-11)12-7-9-14(10-8-12)18-16(21)17-13-5-3-2-4-6-13/h7-10,13H,2-6H2,1H3,(H2,17,18,21). The van der Waals surface area contributed by atoms with E-state index in [9.17, 15) is 4.79 Å². The summed E-state index contributed by atoms with van der Waals surface area (Å²) in [7, 11) is 0. The van der Waals surface area contributed by atoms with Gasteiger partial charge in [-0.05, 0) is 37.1 Å². The van der Waals surface area contributed by atoms with Gasteiger partial charge in [-0.25, -0.2) is 4.79 Å². The summed E-state index contributed by atoms with van der Waals surface area (Å²) in [6.45, 7) is 1.75. The highest BCUT2D eigenvalue weighted by Gasteiger charge is 2.15. The van der Waals surface area contributed by atoms with Gasteiger partial charge in [-0.3, -0.25) is 0 Å². The fraction of sp³-hybridized carbons (Fsp3) is 0.438. The molecule has 0 bridgehead atoms. The molecule has 2 amide bonds. The minimum atomic E-state index is -0.145. The summed E-state index contributed by atoms with van der Waals surface area (Å²) in [5.41, 5.74) is 1.58. The first-order valence-corrected chi connectivity index (χ1v) is 7.69. The topological polar surface area (TPSA) is 80.0 Å². The molecule has 6 nitrogen and oxygen atoms in total. The Balaban J connectivity index is 1.57. The van der Waals surface area contributed by atoms with E-state index in [-0.39, 0.29) is 6.03 Å². The Labute approximate surface area is 129 Å². The molecule has 0 unspecified atom stereocenters. The number of anilines is 1. The van der Waals surface area contributed by atoms with Crippen molar-refractivity contribution < 1.29 is 9.21 Å². The molecule has 2 aromatic rings. The summed E-state index contributed by atoms with van der Waals surface area (Å²) in [5.74, 6) is 1.01. The molecular weight excluding hydrogens is 280 g/mol. The molecule has 6 heteroatoms. The molecule has 0 spiro atoms. The number of carbonyl (C=O) groups excluding carboxylic acids is 1. The molecule has 1 fully saturated rings. The Hall–Kier alpha value is -2.37. The summed E-state index contributed by atoms with van der Waals surface area (Å²) in [5, 5.41) is 13.7. The molecule has 2 N–H and O–H groups in total. The van der Waals surface area contributed by atoms with E-state index in [1.165, 1.54) is 19.3 Å². The number of nitrogens with one attached hydrogen (secondary N) is 2. The number of benzene rings is 1. The van der Waals surface area contributed by atoms with Crippen molar-refractivity contribution in [3.63, 3.8) is 0 Å². The van der Waals surface area contributed by atoms with Gasteiger partial charge in [-0.2, -0.15) is 0 Å². The second-order valence-corrected chi connectivity index (χ2v) is 5.64. The zero-order chi connectivity index (χ0) is 15.4. The molecule has 0 atom stereocenters. The van der Waals surface area contributed by atoms with Crippen LogP contribution in [-0.4, -0.2) is 22.3 Å². The predicted octanol–water partition coefficient (Wildman–Crippen LogP) is 3.50. The Kier molecular flexibility index (Phi) is 4.37. The SMILES string of the molecule is Cc1nnc(-c2ccc(NC(=O)NC3CCCCC3)cc2)o1. The molecule has 1 heterocycles. The monoisotopic (exact) mass is 300 g/mol. The lowest BCUT2D eigenvalue weighted by atomic mass is 9.96. The molecule has 1 aromatic heterocycles. The molecular formula is C16H20N4O2. The third-order valence-corrected chi connectivity index (χ3v) is 3.86. The van der Waals surface area contributed by atoms with Crippen LogP contribution in [0.5, 0.6) is 0 Å². The largest absolute Gasteiger partial charge is 0.421 e. The average molecular weight is 300 g/mol. The third-order valence-electron chi connectivity index (χ3n) is 3.86. The van der Waals surface area contributed by atoms with E-state index in [2.05, 4.69) is 20.8 Å². The maximum atomic E-state index is 12.0. The van der Waals surface area contributed by atoms with Gasteiger partial charge < -0.3 is 15.1 Å². The Morgan fingerprint density at radius 1 is 1.14 bits per heavy atom. The van der Waals surface area contributed by atoms with Gasteiger partial charge in [0.05, 0.1) is 0 Å². The van der Waals surface area contributed by atoms with Crippen LogP contribution < -0.4 is 10.6 Å². The van der Waals surface area contributed by atoms with E-state index in [0.29, 0.717) is 17.8 Å². The number of nitrogens with zero attached hydrogens (tertiary/aromatic N) is 2. The van der Waals surface area contributed by atoms with Crippen LogP contribution in [0.1, 0.15) is 38.0 Å². The number of hydrogen-bond donors (Lipinski definition) is 2. The fourth-order valence-corrected chi connectivity index (χ4v) is 2.71. The van der Waals surface area contributed by atoms with Gasteiger partial charge in [0.2, 0.25) is 11.8 Å². The highest BCUT2D eigenvalue weighted by molar-refractivity contribution is 5.89. The van der Waals surface area contributed by atoms with Crippen LogP contribution >= 0.6 is 0 Å². The van der Waals surface area contributed by atoms with Gasteiger partial charge in [-0.1, -0.05) is 19.3 Å². The van der Waals surface area contributed by atoms with Gasteiger partial charge in [-0.15, -0.1) is 10.2 Å². The molecule has 0 aliphatic heterocycles. The quantitative estimate of drug-likeness (QED) is 0.909. The van der Waals surface area contributed by atoms with Gasteiger partial charge in [0.25, 0.3) is 0 Å². The van der Waals surface area contributed by atoms with Crippen LogP contribution in [0.3, 0.4) is 0 Å². The summed E-state index contributed by atoms with van der Waals surface area (Å²) >= 11 is 0. The molecule has 3 rings (SSSR count). The lowest BCUT2D eigenvalue weighted by Gasteiger charge is -2.22. The first-order valence-electron chi connectivity index (χ1n) is 7.69. The zero-order valence-electron chi connectivity index (χ0n) is 12.6. The third kappa shape index (κ3) is 3.63. The van der Waals surface area contributed by atoms with Crippen molar-refractivity contribution in [3.05, 3.63) is 30.2 Å². The normalized spacial score (nSPS) is 15.5. The first-order chi connectivity index (χ1) is 10.7. The summed E-state index contributed by atoms with van der Waals surface area (Å²) in [6.07, 6.45) is 5.81. The van der Waals surface area contributed by atoms with Gasteiger partial charge in [0.1, 0.15) is 0 Å². The van der Waals surface area contributed by atoms with E-state index in [0.717, 1.165) is 24.1 Å². The lowest BCUT2D eigenvalue weighted by Crippen LogP contribution is -2.38. The molecule has 1 aliphatic carbocycles. The minimum Gasteiger partial charge on any atom is -0.421 e. The average Bonchev–Trinajstić information content (AvgIpc) is 2.95. The summed E-state index contributed by atoms with van der Waals surface area (Å²) in [6, 6.07) is 7.51. The van der Waals surface area contributed by atoms with Crippen molar-refractivity contribution in [1.82, 2.24) is 15.5 Å². The van der Waals surface area contributed by atoms with Crippen molar-refractivity contribution >= 4 is 11.7 Å². The molecule has 22 heavy (non-hydrogen) atoms. The maximum Gasteiger partial charge on any atom is 0.319 e. The van der Waals surface area contributed by atoms with Crippen molar-refractivity contribution in [2.75, 3.05) is 5.32 Å². The Bertz CT molecular complexity index is 630. The van der Waals surface area contributed by atoms with Crippen molar-refractivity contribution in [1.29, 1.82) is 0 Å². The summed E-state index contributed by atoms with van der Waals surface area (Å²) < 4.78 is 5.37. The lowest BCUT2D eigenvalue weighted by molar-refractivity contribution is 0.244.